The lowest BCUT2D eigenvalue weighted by Gasteiger charge is -2.29. The fourth-order valence-electron chi connectivity index (χ4n) is 3.18. The van der Waals surface area contributed by atoms with Gasteiger partial charge in [0.2, 0.25) is 5.91 Å². The van der Waals surface area contributed by atoms with Gasteiger partial charge in [0.05, 0.1) is 20.3 Å². The fraction of sp³-hybridized carbons (Fsp3) is 0.476. The first-order valence-electron chi connectivity index (χ1n) is 9.36. The molecule has 1 heterocycles. The second kappa shape index (κ2) is 10.9. The molecule has 2 aromatic rings. The van der Waals surface area contributed by atoms with Crippen molar-refractivity contribution in [3.05, 3.63) is 46.2 Å². The number of ether oxygens (including phenoxy) is 2. The summed E-state index contributed by atoms with van der Waals surface area (Å²) in [6, 6.07) is 8.13. The number of hydrogen-bond acceptors (Lipinski definition) is 5. The lowest BCUT2D eigenvalue weighted by Crippen LogP contribution is -2.38. The van der Waals surface area contributed by atoms with Crippen molar-refractivity contribution in [2.45, 2.75) is 32.7 Å². The molecule has 1 N–H and O–H groups in total. The number of nitrogens with one attached hydrogen (secondary N) is 1. The largest absolute Gasteiger partial charge is 0.493 e. The van der Waals surface area contributed by atoms with Crippen LogP contribution in [0.5, 0.6) is 11.5 Å². The quantitative estimate of drug-likeness (QED) is 0.632. The number of hydrogen-bond donors (Lipinski definition) is 1. The molecule has 148 valence electrons. The van der Waals surface area contributed by atoms with Gasteiger partial charge in [0.25, 0.3) is 0 Å². The first kappa shape index (κ1) is 21.3. The van der Waals surface area contributed by atoms with Crippen molar-refractivity contribution in [1.82, 2.24) is 10.2 Å². The van der Waals surface area contributed by atoms with Gasteiger partial charge >= 0.3 is 0 Å². The molecule has 5 nitrogen and oxygen atoms in total. The van der Waals surface area contributed by atoms with E-state index >= 15 is 0 Å². The number of nitrogens with zero attached hydrogens (tertiary/aromatic N) is 1. The van der Waals surface area contributed by atoms with Crippen molar-refractivity contribution >= 4 is 17.2 Å². The number of amides is 1. The number of thiophene rings is 1. The molecule has 0 aliphatic rings. The third kappa shape index (κ3) is 5.97. The van der Waals surface area contributed by atoms with Gasteiger partial charge in [0.15, 0.2) is 11.5 Å². The van der Waals surface area contributed by atoms with Crippen LogP contribution in [-0.2, 0) is 11.2 Å². The van der Waals surface area contributed by atoms with Crippen LogP contribution in [0, 0.1) is 0 Å². The number of carbonyl (C=O) groups is 1. The molecule has 1 amide bonds. The normalized spacial score (nSPS) is 12.0. The third-order valence-corrected chi connectivity index (χ3v) is 5.46. The summed E-state index contributed by atoms with van der Waals surface area (Å²) in [6.45, 7) is 6.85. The van der Waals surface area contributed by atoms with E-state index in [4.69, 9.17) is 9.47 Å². The summed E-state index contributed by atoms with van der Waals surface area (Å²) in [5.41, 5.74) is 2.32. The predicted octanol–water partition coefficient (Wildman–Crippen LogP) is 3.90. The smallest absolute Gasteiger partial charge is 0.220 e. The van der Waals surface area contributed by atoms with Crippen molar-refractivity contribution in [3.8, 4) is 11.5 Å². The van der Waals surface area contributed by atoms with Crippen LogP contribution in [0.25, 0.3) is 0 Å². The molecule has 0 radical (unpaired) electrons. The highest BCUT2D eigenvalue weighted by Crippen LogP contribution is 2.28. The van der Waals surface area contributed by atoms with Crippen molar-refractivity contribution in [3.63, 3.8) is 0 Å². The van der Waals surface area contributed by atoms with Gasteiger partial charge in [-0.2, -0.15) is 11.3 Å². The Morgan fingerprint density at radius 1 is 1.15 bits per heavy atom. The van der Waals surface area contributed by atoms with Crippen LogP contribution in [0.2, 0.25) is 0 Å². The molecule has 0 spiro atoms. The van der Waals surface area contributed by atoms with E-state index in [1.807, 2.05) is 18.2 Å². The van der Waals surface area contributed by atoms with Gasteiger partial charge in [0, 0.05) is 13.0 Å². The molecule has 0 saturated carbocycles. The molecular formula is C21H30N2O3S. The maximum Gasteiger partial charge on any atom is 0.220 e. The van der Waals surface area contributed by atoms with Crippen LogP contribution in [0.1, 0.15) is 37.4 Å². The van der Waals surface area contributed by atoms with Gasteiger partial charge in [-0.1, -0.05) is 19.9 Å². The van der Waals surface area contributed by atoms with Gasteiger partial charge in [-0.3, -0.25) is 9.69 Å². The predicted molar refractivity (Wildman–Crippen MR) is 111 cm³/mol. The highest BCUT2D eigenvalue weighted by atomic mass is 32.1. The number of carbonyl (C=O) groups excluding carboxylic acids is 1. The third-order valence-electron chi connectivity index (χ3n) is 4.76. The molecule has 0 fully saturated rings. The summed E-state index contributed by atoms with van der Waals surface area (Å²) in [7, 11) is 3.23. The second-order valence-corrected chi connectivity index (χ2v) is 7.07. The number of benzene rings is 1. The zero-order valence-electron chi connectivity index (χ0n) is 16.7. The molecule has 0 aliphatic heterocycles. The zero-order chi connectivity index (χ0) is 19.6. The fourth-order valence-corrected chi connectivity index (χ4v) is 3.89. The summed E-state index contributed by atoms with van der Waals surface area (Å²) >= 11 is 1.69. The number of aryl methyl sites for hydroxylation is 1. The van der Waals surface area contributed by atoms with Crippen LogP contribution in [-0.4, -0.2) is 44.7 Å². The highest BCUT2D eigenvalue weighted by Gasteiger charge is 2.19. The SMILES string of the molecule is CCN(CC)C(CNC(=O)CCc1ccc(OC)c(OC)c1)c1ccsc1. The summed E-state index contributed by atoms with van der Waals surface area (Å²) < 4.78 is 10.6. The molecule has 27 heavy (non-hydrogen) atoms. The Morgan fingerprint density at radius 3 is 2.48 bits per heavy atom. The van der Waals surface area contributed by atoms with E-state index in [2.05, 4.69) is 40.9 Å². The Bertz CT molecular complexity index is 699. The molecule has 1 unspecified atom stereocenters. The van der Waals surface area contributed by atoms with E-state index < -0.39 is 0 Å². The average molecular weight is 391 g/mol. The van der Waals surface area contributed by atoms with Gasteiger partial charge in [-0.25, -0.2) is 0 Å². The van der Waals surface area contributed by atoms with Crippen LogP contribution in [0.4, 0.5) is 0 Å². The van der Waals surface area contributed by atoms with Crippen LogP contribution in [0.3, 0.4) is 0 Å². The van der Waals surface area contributed by atoms with Crippen LogP contribution < -0.4 is 14.8 Å². The molecule has 0 aliphatic carbocycles. The van der Waals surface area contributed by atoms with Crippen molar-refractivity contribution < 1.29 is 14.3 Å². The Hall–Kier alpha value is -2.05. The maximum absolute atomic E-state index is 12.4. The summed E-state index contributed by atoms with van der Waals surface area (Å²) in [5.74, 6) is 1.45. The van der Waals surface area contributed by atoms with Crippen molar-refractivity contribution in [2.75, 3.05) is 33.9 Å². The Balaban J connectivity index is 1.91. The Labute approximate surface area is 166 Å². The second-order valence-electron chi connectivity index (χ2n) is 6.29. The van der Waals surface area contributed by atoms with E-state index in [-0.39, 0.29) is 11.9 Å². The summed E-state index contributed by atoms with van der Waals surface area (Å²) in [6.07, 6.45) is 1.12. The minimum atomic E-state index is 0.0668. The molecule has 1 atom stereocenters. The Morgan fingerprint density at radius 2 is 1.89 bits per heavy atom. The Kier molecular flexibility index (Phi) is 8.61. The minimum absolute atomic E-state index is 0.0668. The topological polar surface area (TPSA) is 50.8 Å². The van der Waals surface area contributed by atoms with Crippen LogP contribution in [0.15, 0.2) is 35.0 Å². The number of methoxy groups -OCH3 is 2. The maximum atomic E-state index is 12.4. The molecule has 6 heteroatoms. The lowest BCUT2D eigenvalue weighted by molar-refractivity contribution is -0.121. The summed E-state index contributed by atoms with van der Waals surface area (Å²) in [5, 5.41) is 7.36. The first-order valence-corrected chi connectivity index (χ1v) is 10.3. The average Bonchev–Trinajstić information content (AvgIpc) is 3.23. The monoisotopic (exact) mass is 390 g/mol. The van der Waals surface area contributed by atoms with Crippen molar-refractivity contribution in [2.24, 2.45) is 0 Å². The molecule has 1 aromatic carbocycles. The highest BCUT2D eigenvalue weighted by molar-refractivity contribution is 7.07. The number of likely N-dealkylation sites (N-methyl/N-ethyl adjacent to an activating group) is 1. The lowest BCUT2D eigenvalue weighted by atomic mass is 10.1. The van der Waals surface area contributed by atoms with Gasteiger partial charge in [-0.05, 0) is 59.6 Å². The van der Waals surface area contributed by atoms with Crippen LogP contribution >= 0.6 is 11.3 Å². The molecule has 0 bridgehead atoms. The molecule has 0 saturated heterocycles. The first-order chi connectivity index (χ1) is 13.1. The van der Waals surface area contributed by atoms with Gasteiger partial charge in [-0.15, -0.1) is 0 Å². The van der Waals surface area contributed by atoms with Gasteiger partial charge in [0.1, 0.15) is 0 Å². The molecular weight excluding hydrogens is 360 g/mol. The van der Waals surface area contributed by atoms with E-state index in [9.17, 15) is 4.79 Å². The number of rotatable bonds is 11. The van der Waals surface area contributed by atoms with E-state index in [0.29, 0.717) is 30.9 Å². The minimum Gasteiger partial charge on any atom is -0.493 e. The summed E-state index contributed by atoms with van der Waals surface area (Å²) in [4.78, 5) is 14.8. The van der Waals surface area contributed by atoms with E-state index in [1.165, 1.54) is 5.56 Å². The molecule has 2 rings (SSSR count). The van der Waals surface area contributed by atoms with E-state index in [0.717, 1.165) is 18.7 Å². The van der Waals surface area contributed by atoms with Crippen molar-refractivity contribution in [1.29, 1.82) is 0 Å². The zero-order valence-corrected chi connectivity index (χ0v) is 17.5. The standard InChI is InChI=1S/C21H30N2O3S/c1-5-23(6-2)18(17-11-12-27-15-17)14-22-21(24)10-8-16-7-9-19(25-3)20(13-16)26-4/h7,9,11-13,15,18H,5-6,8,10,14H2,1-4H3,(H,22,24). The van der Waals surface area contributed by atoms with E-state index in [1.54, 1.807) is 25.6 Å². The molecule has 1 aromatic heterocycles. The van der Waals surface area contributed by atoms with Gasteiger partial charge < -0.3 is 14.8 Å².